The van der Waals surface area contributed by atoms with Crippen molar-refractivity contribution >= 4 is 49.3 Å². The van der Waals surface area contributed by atoms with E-state index in [0.717, 1.165) is 55.4 Å². The van der Waals surface area contributed by atoms with Crippen molar-refractivity contribution in [3.05, 3.63) is 175 Å². The molecule has 222 valence electrons. The lowest BCUT2D eigenvalue weighted by molar-refractivity contribution is 1.18. The van der Waals surface area contributed by atoms with Gasteiger partial charge >= 0.3 is 0 Å². The highest BCUT2D eigenvalue weighted by Gasteiger charge is 2.20. The SMILES string of the molecule is [C-]#[N+]c1cc(C#N)c(-c2cccc(-c3cccc(-n4c5ccccc5c5ccccc54)c3)c2)c(-n2c3ccccc3c3ccccc32)c1. The van der Waals surface area contributed by atoms with Crippen molar-refractivity contribution in [2.75, 3.05) is 0 Å². The van der Waals surface area contributed by atoms with E-state index in [9.17, 15) is 5.26 Å². The van der Waals surface area contributed by atoms with Crippen LogP contribution in [0.3, 0.4) is 0 Å². The minimum Gasteiger partial charge on any atom is -0.310 e. The molecule has 7 aromatic carbocycles. The number of nitrogens with zero attached hydrogens (tertiary/aromatic N) is 4. The quantitative estimate of drug-likeness (QED) is 0.183. The van der Waals surface area contributed by atoms with Crippen molar-refractivity contribution in [3.8, 4) is 39.7 Å². The molecular weight excluding hydrogens is 585 g/mol. The summed E-state index contributed by atoms with van der Waals surface area (Å²) in [6, 6.07) is 56.8. The summed E-state index contributed by atoms with van der Waals surface area (Å²) in [7, 11) is 0. The molecule has 0 aliphatic heterocycles. The van der Waals surface area contributed by atoms with Crippen molar-refractivity contribution in [1.82, 2.24) is 9.13 Å². The van der Waals surface area contributed by atoms with Crippen LogP contribution < -0.4 is 0 Å². The molecule has 0 fully saturated rings. The van der Waals surface area contributed by atoms with Crippen LogP contribution in [-0.2, 0) is 0 Å². The Morgan fingerprint density at radius 2 is 0.958 bits per heavy atom. The van der Waals surface area contributed by atoms with Crippen molar-refractivity contribution in [2.45, 2.75) is 0 Å². The minimum absolute atomic E-state index is 0.433. The Balaban J connectivity index is 1.26. The fourth-order valence-corrected chi connectivity index (χ4v) is 7.31. The zero-order valence-electron chi connectivity index (χ0n) is 25.8. The van der Waals surface area contributed by atoms with E-state index < -0.39 is 0 Å². The molecular formula is C44H26N4. The van der Waals surface area contributed by atoms with Gasteiger partial charge in [0.25, 0.3) is 0 Å². The zero-order valence-corrected chi connectivity index (χ0v) is 25.8. The Labute approximate surface area is 277 Å². The van der Waals surface area contributed by atoms with E-state index in [1.807, 2.05) is 30.3 Å². The van der Waals surface area contributed by atoms with Crippen LogP contribution in [0.25, 0.3) is 82.1 Å². The largest absolute Gasteiger partial charge is 0.310 e. The number of hydrogen-bond donors (Lipinski definition) is 0. The van der Waals surface area contributed by atoms with Gasteiger partial charge in [-0.1, -0.05) is 103 Å². The fraction of sp³-hybridized carbons (Fsp3) is 0. The summed E-state index contributed by atoms with van der Waals surface area (Å²) in [5.74, 6) is 0. The molecule has 0 aliphatic carbocycles. The van der Waals surface area contributed by atoms with Crippen molar-refractivity contribution in [2.24, 2.45) is 0 Å². The maximum absolute atomic E-state index is 10.5. The first-order valence-electron chi connectivity index (χ1n) is 15.9. The normalized spacial score (nSPS) is 11.3. The van der Waals surface area contributed by atoms with Crippen LogP contribution in [0.15, 0.2) is 158 Å². The average molecular weight is 611 g/mol. The lowest BCUT2D eigenvalue weighted by atomic mass is 9.94. The standard InChI is InChI=1S/C44H26N4/c1-46-33-25-32(28-45)44(43(27-33)48-41-22-8-4-18-37(41)38-19-5-9-23-42(38)48)31-14-10-12-29(24-31)30-13-11-15-34(26-30)47-39-20-6-2-16-35(39)36-17-3-7-21-40(36)47/h2-27H. The zero-order chi connectivity index (χ0) is 32.2. The van der Waals surface area contributed by atoms with Gasteiger partial charge in [-0.3, -0.25) is 0 Å². The summed E-state index contributed by atoms with van der Waals surface area (Å²) in [6.45, 7) is 7.87. The highest BCUT2D eigenvalue weighted by molar-refractivity contribution is 6.10. The second-order valence-corrected chi connectivity index (χ2v) is 12.0. The topological polar surface area (TPSA) is 38.0 Å². The van der Waals surface area contributed by atoms with Crippen molar-refractivity contribution in [3.63, 3.8) is 0 Å². The molecule has 0 spiro atoms. The van der Waals surface area contributed by atoms with Gasteiger partial charge in [-0.05, 0) is 71.3 Å². The minimum atomic E-state index is 0.433. The van der Waals surface area contributed by atoms with Crippen molar-refractivity contribution < 1.29 is 0 Å². The van der Waals surface area contributed by atoms with Crippen LogP contribution in [0.1, 0.15) is 5.56 Å². The summed E-state index contributed by atoms with van der Waals surface area (Å²) in [5, 5.41) is 15.2. The third kappa shape index (κ3) is 4.14. The third-order valence-electron chi connectivity index (χ3n) is 9.34. The highest BCUT2D eigenvalue weighted by Crippen LogP contribution is 2.41. The second kappa shape index (κ2) is 10.9. The Bertz CT molecular complexity index is 2710. The molecule has 48 heavy (non-hydrogen) atoms. The molecule has 0 aliphatic rings. The maximum Gasteiger partial charge on any atom is 0.190 e. The van der Waals surface area contributed by atoms with Crippen LogP contribution in [0.2, 0.25) is 0 Å². The summed E-state index contributed by atoms with van der Waals surface area (Å²) < 4.78 is 4.53. The molecule has 0 unspecified atom stereocenters. The molecule has 0 bridgehead atoms. The van der Waals surface area contributed by atoms with Gasteiger partial charge in [-0.25, -0.2) is 4.85 Å². The third-order valence-corrected chi connectivity index (χ3v) is 9.34. The van der Waals surface area contributed by atoms with E-state index in [0.29, 0.717) is 11.3 Å². The molecule has 4 heteroatoms. The van der Waals surface area contributed by atoms with Gasteiger partial charge in [0, 0.05) is 38.5 Å². The Kier molecular flexibility index (Phi) is 6.22. The van der Waals surface area contributed by atoms with E-state index in [1.54, 1.807) is 6.07 Å². The van der Waals surface area contributed by atoms with Gasteiger partial charge < -0.3 is 9.13 Å². The van der Waals surface area contributed by atoms with Crippen LogP contribution >= 0.6 is 0 Å². The first-order valence-corrected chi connectivity index (χ1v) is 15.9. The molecule has 2 aromatic heterocycles. The number of para-hydroxylation sites is 4. The number of benzene rings is 7. The Morgan fingerprint density at radius 3 is 1.50 bits per heavy atom. The maximum atomic E-state index is 10.5. The number of fused-ring (bicyclic) bond motifs is 6. The molecule has 0 N–H and O–H groups in total. The summed E-state index contributed by atoms with van der Waals surface area (Å²) in [6.07, 6.45) is 0. The molecule has 0 amide bonds. The molecule has 9 rings (SSSR count). The molecule has 0 saturated carbocycles. The van der Waals surface area contributed by atoms with Crippen molar-refractivity contribution in [1.29, 1.82) is 5.26 Å². The number of rotatable bonds is 4. The van der Waals surface area contributed by atoms with Gasteiger partial charge in [-0.15, -0.1) is 0 Å². The molecule has 9 aromatic rings. The smallest absolute Gasteiger partial charge is 0.190 e. The number of nitriles is 1. The Hall–Kier alpha value is -6.88. The molecule has 2 heterocycles. The first kappa shape index (κ1) is 27.4. The number of aromatic nitrogens is 2. The van der Waals surface area contributed by atoms with E-state index in [4.69, 9.17) is 6.57 Å². The first-order chi connectivity index (χ1) is 23.7. The molecule has 0 saturated heterocycles. The van der Waals surface area contributed by atoms with E-state index in [2.05, 4.69) is 141 Å². The second-order valence-electron chi connectivity index (χ2n) is 12.0. The van der Waals surface area contributed by atoms with Crippen LogP contribution in [-0.4, -0.2) is 9.13 Å². The molecule has 4 nitrogen and oxygen atoms in total. The summed E-state index contributed by atoms with van der Waals surface area (Å²) in [4.78, 5) is 3.77. The van der Waals surface area contributed by atoms with E-state index in [-0.39, 0.29) is 0 Å². The van der Waals surface area contributed by atoms with Crippen LogP contribution in [0.5, 0.6) is 0 Å². The summed E-state index contributed by atoms with van der Waals surface area (Å²) >= 11 is 0. The molecule has 0 radical (unpaired) electrons. The van der Waals surface area contributed by atoms with Crippen LogP contribution in [0.4, 0.5) is 5.69 Å². The van der Waals surface area contributed by atoms with Gasteiger partial charge in [0.15, 0.2) is 5.69 Å². The van der Waals surface area contributed by atoms with Crippen LogP contribution in [0, 0.1) is 17.9 Å². The molecule has 0 atom stereocenters. The van der Waals surface area contributed by atoms with E-state index >= 15 is 0 Å². The van der Waals surface area contributed by atoms with Gasteiger partial charge in [0.2, 0.25) is 0 Å². The summed E-state index contributed by atoms with van der Waals surface area (Å²) in [5.41, 5.74) is 11.0. The van der Waals surface area contributed by atoms with E-state index in [1.165, 1.54) is 21.8 Å². The predicted octanol–water partition coefficient (Wildman–Crippen LogP) is 11.6. The average Bonchev–Trinajstić information content (AvgIpc) is 3.67. The van der Waals surface area contributed by atoms with Gasteiger partial charge in [0.05, 0.1) is 40.3 Å². The monoisotopic (exact) mass is 610 g/mol. The predicted molar refractivity (Wildman–Crippen MR) is 197 cm³/mol. The highest BCUT2D eigenvalue weighted by atomic mass is 15.0. The van der Waals surface area contributed by atoms with Gasteiger partial charge in [0.1, 0.15) is 0 Å². The van der Waals surface area contributed by atoms with Gasteiger partial charge in [-0.2, -0.15) is 5.26 Å². The lowest BCUT2D eigenvalue weighted by Gasteiger charge is -2.17. The number of hydrogen-bond acceptors (Lipinski definition) is 1. The fourth-order valence-electron chi connectivity index (χ4n) is 7.31. The Morgan fingerprint density at radius 1 is 0.479 bits per heavy atom. The lowest BCUT2D eigenvalue weighted by Crippen LogP contribution is -2.00.